The lowest BCUT2D eigenvalue weighted by atomic mass is 9.69. The molecule has 0 radical (unpaired) electrons. The number of rotatable bonds is 12. The minimum absolute atomic E-state index is 0.00317. The first-order valence-corrected chi connectivity index (χ1v) is 15.6. The molecule has 48 heavy (non-hydrogen) atoms. The normalized spacial score (nSPS) is 19.0. The lowest BCUT2D eigenvalue weighted by Crippen LogP contribution is -2.53. The van der Waals surface area contributed by atoms with Crippen LogP contribution in [0.1, 0.15) is 47.2 Å². The Bertz CT molecular complexity index is 1760. The molecule has 254 valence electrons. The van der Waals surface area contributed by atoms with E-state index >= 15 is 0 Å². The smallest absolute Gasteiger partial charge is 0.306 e. The molecule has 3 aromatic carbocycles. The van der Waals surface area contributed by atoms with Crippen LogP contribution in [-0.2, 0) is 20.7 Å². The van der Waals surface area contributed by atoms with Crippen LogP contribution in [0.3, 0.4) is 0 Å². The van der Waals surface area contributed by atoms with Crippen molar-refractivity contribution in [3.8, 4) is 34.5 Å². The maximum Gasteiger partial charge on any atom is 0.306 e. The molecule has 0 fully saturated rings. The number of hydrogen-bond donors (Lipinski definition) is 1. The molecular formula is C36H37ClO11. The van der Waals surface area contributed by atoms with Gasteiger partial charge in [-0.15, -0.1) is 0 Å². The van der Waals surface area contributed by atoms with Crippen LogP contribution in [0.4, 0.5) is 0 Å². The summed E-state index contributed by atoms with van der Waals surface area (Å²) < 4.78 is 39.3. The fourth-order valence-electron chi connectivity index (χ4n) is 6.34. The summed E-state index contributed by atoms with van der Waals surface area (Å²) >= 11 is 6.60. The van der Waals surface area contributed by atoms with Crippen LogP contribution in [-0.4, -0.2) is 70.4 Å². The number of carbonyl (C=O) groups is 3. The van der Waals surface area contributed by atoms with Gasteiger partial charge in [-0.3, -0.25) is 14.4 Å². The van der Waals surface area contributed by atoms with Crippen LogP contribution in [0.2, 0.25) is 5.02 Å². The number of aliphatic hydroxyl groups is 1. The lowest BCUT2D eigenvalue weighted by Gasteiger charge is -2.38. The van der Waals surface area contributed by atoms with Crippen LogP contribution in [0, 0.1) is 5.92 Å². The summed E-state index contributed by atoms with van der Waals surface area (Å²) in [5.41, 5.74) is -0.871. The van der Waals surface area contributed by atoms with Crippen molar-refractivity contribution in [3.63, 3.8) is 0 Å². The zero-order chi connectivity index (χ0) is 34.7. The van der Waals surface area contributed by atoms with Crippen LogP contribution in [0.5, 0.6) is 34.5 Å². The molecule has 1 spiro atoms. The van der Waals surface area contributed by atoms with Crippen molar-refractivity contribution >= 4 is 29.1 Å². The number of Topliss-reactive ketones (excluding diaryl/α,β-unsaturated/α-hetero) is 2. The monoisotopic (exact) mass is 680 g/mol. The molecule has 1 heterocycles. The maximum absolute atomic E-state index is 14.3. The molecule has 12 heteroatoms. The van der Waals surface area contributed by atoms with E-state index < -0.39 is 40.7 Å². The Morgan fingerprint density at radius 3 is 2.29 bits per heavy atom. The Labute approximate surface area is 283 Å². The number of ketones is 2. The Morgan fingerprint density at radius 2 is 1.67 bits per heavy atom. The molecule has 11 nitrogen and oxygen atoms in total. The van der Waals surface area contributed by atoms with Crippen molar-refractivity contribution in [1.29, 1.82) is 0 Å². The van der Waals surface area contributed by atoms with Gasteiger partial charge < -0.3 is 38.3 Å². The number of ether oxygens (including phenoxy) is 7. The highest BCUT2D eigenvalue weighted by molar-refractivity contribution is 6.35. The number of benzene rings is 3. The van der Waals surface area contributed by atoms with Gasteiger partial charge in [0, 0.05) is 41.9 Å². The highest BCUT2D eigenvalue weighted by Gasteiger charge is 2.61. The van der Waals surface area contributed by atoms with Crippen LogP contribution in [0.15, 0.2) is 59.9 Å². The molecular weight excluding hydrogens is 644 g/mol. The van der Waals surface area contributed by atoms with Gasteiger partial charge in [0.1, 0.15) is 27.8 Å². The van der Waals surface area contributed by atoms with E-state index in [2.05, 4.69) is 0 Å². The Morgan fingerprint density at radius 1 is 0.979 bits per heavy atom. The van der Waals surface area contributed by atoms with E-state index in [4.69, 9.17) is 44.8 Å². The first kappa shape index (κ1) is 34.4. The van der Waals surface area contributed by atoms with Crippen molar-refractivity contribution in [1.82, 2.24) is 0 Å². The minimum Gasteiger partial charge on any atom is -0.507 e. The van der Waals surface area contributed by atoms with Crippen LogP contribution < -0.4 is 28.4 Å². The molecule has 2 aliphatic rings. The highest BCUT2D eigenvalue weighted by atomic mass is 35.5. The summed E-state index contributed by atoms with van der Waals surface area (Å²) in [5, 5.41) is 12.2. The predicted molar refractivity (Wildman–Crippen MR) is 175 cm³/mol. The quantitative estimate of drug-likeness (QED) is 0.223. The summed E-state index contributed by atoms with van der Waals surface area (Å²) in [4.78, 5) is 41.2. The van der Waals surface area contributed by atoms with E-state index in [1.54, 1.807) is 32.2 Å². The Kier molecular flexibility index (Phi) is 10.1. The van der Waals surface area contributed by atoms with E-state index in [-0.39, 0.29) is 58.6 Å². The number of methoxy groups -OCH3 is 5. The van der Waals surface area contributed by atoms with Crippen molar-refractivity contribution in [2.24, 2.45) is 5.92 Å². The van der Waals surface area contributed by atoms with E-state index in [0.29, 0.717) is 17.7 Å². The number of hydrogen-bond acceptors (Lipinski definition) is 11. The summed E-state index contributed by atoms with van der Waals surface area (Å²) in [6, 6.07) is 14.0. The summed E-state index contributed by atoms with van der Waals surface area (Å²) in [6.45, 7) is 1.84. The molecule has 3 atom stereocenters. The second-order valence-corrected chi connectivity index (χ2v) is 11.8. The Hall–Kier alpha value is -4.90. The number of para-hydroxylation sites is 1. The van der Waals surface area contributed by atoms with Gasteiger partial charge in [0.25, 0.3) is 0 Å². The number of allylic oxidation sites excluding steroid dienone is 1. The minimum atomic E-state index is -2.04. The topological polar surface area (TPSA) is 136 Å². The van der Waals surface area contributed by atoms with Gasteiger partial charge in [-0.1, -0.05) is 42.8 Å². The van der Waals surface area contributed by atoms with Crippen molar-refractivity contribution in [3.05, 3.63) is 81.6 Å². The van der Waals surface area contributed by atoms with Gasteiger partial charge in [0.2, 0.25) is 11.4 Å². The summed E-state index contributed by atoms with van der Waals surface area (Å²) in [7, 11) is 7.06. The van der Waals surface area contributed by atoms with Gasteiger partial charge in [-0.05, 0) is 23.8 Å². The molecule has 0 saturated carbocycles. The molecule has 3 aromatic rings. The van der Waals surface area contributed by atoms with Gasteiger partial charge in [0.15, 0.2) is 28.8 Å². The molecule has 0 bridgehead atoms. The van der Waals surface area contributed by atoms with E-state index in [9.17, 15) is 19.5 Å². The lowest BCUT2D eigenvalue weighted by molar-refractivity contribution is -0.140. The third-order valence-electron chi connectivity index (χ3n) is 8.86. The fraction of sp³-hybridized carbons (Fsp3) is 0.361. The summed E-state index contributed by atoms with van der Waals surface area (Å²) in [6.07, 6.45) is -0.0397. The molecule has 0 amide bonds. The second-order valence-electron chi connectivity index (χ2n) is 11.4. The molecule has 1 unspecified atom stereocenters. The second kappa shape index (κ2) is 14.1. The number of aliphatic hydroxyl groups excluding tert-OH is 1. The number of fused-ring (bicyclic) bond motifs is 1. The van der Waals surface area contributed by atoms with Crippen LogP contribution >= 0.6 is 11.6 Å². The predicted octanol–water partition coefficient (Wildman–Crippen LogP) is 6.08. The number of halogens is 1. The summed E-state index contributed by atoms with van der Waals surface area (Å²) in [5.74, 6) is -2.77. The molecule has 5 rings (SSSR count). The number of esters is 1. The maximum atomic E-state index is 14.3. The highest BCUT2D eigenvalue weighted by Crippen LogP contribution is 2.56. The average Bonchev–Trinajstić information content (AvgIpc) is 3.41. The standard InChI is InChI=1S/C36H37ClO11/c1-19-16-24(38)29(34(40)36(19)35(41)30-26(44-4)18-27(45-5)31(37)33(30)48-36)23(17-28(39)46-6)22-8-7-9-25(43-3)32(22)47-15-14-20-10-12-21(42-2)13-11-20/h7-13,18-19,23,40H,14-17H2,1-6H3/t19-,23?,36+/m1/s1. The molecule has 1 aliphatic carbocycles. The third-order valence-corrected chi connectivity index (χ3v) is 9.22. The molecule has 1 N–H and O–H groups in total. The Balaban J connectivity index is 1.63. The van der Waals surface area contributed by atoms with Gasteiger partial charge in [-0.2, -0.15) is 0 Å². The number of carbonyl (C=O) groups excluding carboxylic acids is 3. The fourth-order valence-corrected chi connectivity index (χ4v) is 6.61. The van der Waals surface area contributed by atoms with Crippen molar-refractivity contribution in [2.45, 2.75) is 37.7 Å². The van der Waals surface area contributed by atoms with Gasteiger partial charge >= 0.3 is 5.97 Å². The van der Waals surface area contributed by atoms with Gasteiger partial charge in [0.05, 0.1) is 48.6 Å². The van der Waals surface area contributed by atoms with E-state index in [1.165, 1.54) is 34.5 Å². The first-order chi connectivity index (χ1) is 23.1. The zero-order valence-electron chi connectivity index (χ0n) is 27.5. The molecule has 0 saturated heterocycles. The van der Waals surface area contributed by atoms with Crippen LogP contribution in [0.25, 0.3) is 0 Å². The van der Waals surface area contributed by atoms with E-state index in [1.807, 2.05) is 24.3 Å². The molecule has 1 aliphatic heterocycles. The van der Waals surface area contributed by atoms with Crippen molar-refractivity contribution in [2.75, 3.05) is 42.2 Å². The van der Waals surface area contributed by atoms with Crippen molar-refractivity contribution < 1.29 is 52.6 Å². The SMILES string of the molecule is COC(=O)CC(C1=C(O)[C@@]2(Oc3c(Cl)c(OC)cc(OC)c3C2=O)[C@H](C)CC1=O)c1cccc(OC)c1OCCc1ccc(OC)cc1. The zero-order valence-corrected chi connectivity index (χ0v) is 28.3. The average molecular weight is 681 g/mol. The third kappa shape index (κ3) is 5.87. The van der Waals surface area contributed by atoms with Gasteiger partial charge in [-0.25, -0.2) is 0 Å². The molecule has 0 aromatic heterocycles. The van der Waals surface area contributed by atoms with E-state index in [0.717, 1.165) is 11.3 Å². The largest absolute Gasteiger partial charge is 0.507 e. The first-order valence-electron chi connectivity index (χ1n) is 15.2.